The number of furan rings is 1. The molecule has 0 spiro atoms. The number of aromatic carboxylic acids is 1. The molecule has 0 bridgehead atoms. The summed E-state index contributed by atoms with van der Waals surface area (Å²) in [6.07, 6.45) is 0.523. The van der Waals surface area contributed by atoms with Crippen LogP contribution in [0.5, 0.6) is 0 Å². The first-order valence-electron chi connectivity index (χ1n) is 7.13. The van der Waals surface area contributed by atoms with Crippen molar-refractivity contribution in [3.8, 4) is 0 Å². The summed E-state index contributed by atoms with van der Waals surface area (Å²) in [7, 11) is 0. The fraction of sp³-hybridized carbons (Fsp3) is 0.250. The van der Waals surface area contributed by atoms with E-state index in [0.717, 1.165) is 6.26 Å². The lowest BCUT2D eigenvalue weighted by Gasteiger charge is -2.33. The summed E-state index contributed by atoms with van der Waals surface area (Å²) in [5.41, 5.74) is 0.492. The molecule has 2 aromatic rings. The Bertz CT molecular complexity index is 791. The van der Waals surface area contributed by atoms with Crippen LogP contribution in [0.15, 0.2) is 34.9 Å². The number of carboxylic acid groups (broad SMARTS) is 1. The minimum absolute atomic E-state index is 0.0572. The van der Waals surface area contributed by atoms with Crippen LogP contribution in [0.3, 0.4) is 0 Å². The van der Waals surface area contributed by atoms with Gasteiger partial charge in [0.1, 0.15) is 18.2 Å². The molecule has 0 saturated carbocycles. The zero-order chi connectivity index (χ0) is 17.3. The maximum absolute atomic E-state index is 13.2. The van der Waals surface area contributed by atoms with Gasteiger partial charge in [-0.1, -0.05) is 17.7 Å². The number of hydrogen-bond acceptors (Lipinski definition) is 4. The predicted molar refractivity (Wildman–Crippen MR) is 81.7 cm³/mol. The monoisotopic (exact) mass is 353 g/mol. The van der Waals surface area contributed by atoms with Crippen LogP contribution in [0.1, 0.15) is 32.6 Å². The van der Waals surface area contributed by atoms with Crippen LogP contribution in [0.2, 0.25) is 5.02 Å². The number of morpholine rings is 1. The summed E-state index contributed by atoms with van der Waals surface area (Å²) in [5.74, 6) is -2.12. The molecule has 126 valence electrons. The van der Waals surface area contributed by atoms with Crippen molar-refractivity contribution in [2.75, 3.05) is 19.7 Å². The molecule has 8 heteroatoms. The van der Waals surface area contributed by atoms with E-state index in [4.69, 9.17) is 25.9 Å². The van der Waals surface area contributed by atoms with E-state index < -0.39 is 23.8 Å². The van der Waals surface area contributed by atoms with Gasteiger partial charge in [0, 0.05) is 23.2 Å². The standard InChI is InChI=1S/C16H13ClFNO5/c17-12-6-10(18)1-2-11(12)14-7-19(3-4-23-14)15(20)13-5-9(8-24-13)16(21)22/h1-2,5-6,8,14H,3-4,7H2,(H,21,22). The highest BCUT2D eigenvalue weighted by Crippen LogP contribution is 2.29. The molecule has 1 amide bonds. The molecular formula is C16H13ClFNO5. The first kappa shape index (κ1) is 16.5. The van der Waals surface area contributed by atoms with Crippen LogP contribution < -0.4 is 0 Å². The summed E-state index contributed by atoms with van der Waals surface area (Å²) in [5, 5.41) is 9.11. The lowest BCUT2D eigenvalue weighted by atomic mass is 10.1. The average Bonchev–Trinajstić information content (AvgIpc) is 3.04. The van der Waals surface area contributed by atoms with Crippen molar-refractivity contribution in [2.24, 2.45) is 0 Å². The molecule has 1 aromatic carbocycles. The van der Waals surface area contributed by atoms with E-state index in [1.807, 2.05) is 0 Å². The van der Waals surface area contributed by atoms with Gasteiger partial charge < -0.3 is 19.2 Å². The van der Waals surface area contributed by atoms with E-state index in [2.05, 4.69) is 0 Å². The Hall–Kier alpha value is -2.38. The van der Waals surface area contributed by atoms with Crippen molar-refractivity contribution in [1.82, 2.24) is 4.90 Å². The normalized spacial score (nSPS) is 17.8. The minimum atomic E-state index is -1.17. The number of carbonyl (C=O) groups excluding carboxylic acids is 1. The van der Waals surface area contributed by atoms with Gasteiger partial charge in [0.05, 0.1) is 18.7 Å². The van der Waals surface area contributed by atoms with Crippen LogP contribution in [-0.4, -0.2) is 41.6 Å². The van der Waals surface area contributed by atoms with Crippen molar-refractivity contribution in [2.45, 2.75) is 6.10 Å². The number of benzene rings is 1. The van der Waals surface area contributed by atoms with Crippen LogP contribution in [0.4, 0.5) is 4.39 Å². The van der Waals surface area contributed by atoms with Gasteiger partial charge in [0.15, 0.2) is 5.76 Å². The number of amides is 1. The highest BCUT2D eigenvalue weighted by Gasteiger charge is 2.29. The molecular weight excluding hydrogens is 341 g/mol. The topological polar surface area (TPSA) is 80.0 Å². The van der Waals surface area contributed by atoms with Crippen molar-refractivity contribution in [3.63, 3.8) is 0 Å². The molecule has 1 unspecified atom stereocenters. The number of carbonyl (C=O) groups is 2. The second-order valence-electron chi connectivity index (χ2n) is 5.28. The van der Waals surface area contributed by atoms with E-state index in [9.17, 15) is 14.0 Å². The molecule has 1 aromatic heterocycles. The number of carboxylic acids is 1. The van der Waals surface area contributed by atoms with Gasteiger partial charge >= 0.3 is 5.97 Å². The molecule has 1 aliphatic heterocycles. The molecule has 0 radical (unpaired) electrons. The molecule has 1 atom stereocenters. The molecule has 1 fully saturated rings. The Morgan fingerprint density at radius 1 is 1.33 bits per heavy atom. The molecule has 1 saturated heterocycles. The Morgan fingerprint density at radius 2 is 2.12 bits per heavy atom. The Balaban J connectivity index is 1.77. The summed E-state index contributed by atoms with van der Waals surface area (Å²) < 4.78 is 23.8. The van der Waals surface area contributed by atoms with Crippen LogP contribution in [0, 0.1) is 5.82 Å². The number of nitrogens with zero attached hydrogens (tertiary/aromatic N) is 1. The van der Waals surface area contributed by atoms with Gasteiger partial charge in [-0.2, -0.15) is 0 Å². The van der Waals surface area contributed by atoms with Gasteiger partial charge in [-0.25, -0.2) is 9.18 Å². The van der Waals surface area contributed by atoms with E-state index in [1.165, 1.54) is 29.2 Å². The molecule has 24 heavy (non-hydrogen) atoms. The number of rotatable bonds is 3. The summed E-state index contributed by atoms with van der Waals surface area (Å²) >= 11 is 6.04. The Kier molecular flexibility index (Phi) is 4.55. The zero-order valence-corrected chi connectivity index (χ0v) is 13.1. The molecule has 1 N–H and O–H groups in total. The largest absolute Gasteiger partial charge is 0.478 e. The third kappa shape index (κ3) is 3.27. The van der Waals surface area contributed by atoms with Crippen molar-refractivity contribution >= 4 is 23.5 Å². The molecule has 6 nitrogen and oxygen atoms in total. The third-order valence-electron chi connectivity index (χ3n) is 3.72. The first-order chi connectivity index (χ1) is 11.5. The molecule has 1 aliphatic rings. The van der Waals surface area contributed by atoms with Gasteiger partial charge in [0.25, 0.3) is 5.91 Å². The maximum atomic E-state index is 13.2. The number of ether oxygens (including phenoxy) is 1. The summed E-state index contributed by atoms with van der Waals surface area (Å²) in [6, 6.07) is 5.16. The molecule has 0 aliphatic carbocycles. The van der Waals surface area contributed by atoms with E-state index in [0.29, 0.717) is 12.1 Å². The highest BCUT2D eigenvalue weighted by atomic mass is 35.5. The second-order valence-corrected chi connectivity index (χ2v) is 5.69. The van der Waals surface area contributed by atoms with E-state index in [1.54, 1.807) is 0 Å². The lowest BCUT2D eigenvalue weighted by molar-refractivity contribution is -0.0237. The van der Waals surface area contributed by atoms with Gasteiger partial charge in [-0.05, 0) is 12.1 Å². The fourth-order valence-electron chi connectivity index (χ4n) is 2.50. The van der Waals surface area contributed by atoms with Crippen LogP contribution >= 0.6 is 11.6 Å². The van der Waals surface area contributed by atoms with Crippen molar-refractivity contribution in [1.29, 1.82) is 0 Å². The van der Waals surface area contributed by atoms with Crippen molar-refractivity contribution in [3.05, 3.63) is 58.3 Å². The third-order valence-corrected chi connectivity index (χ3v) is 4.05. The average molecular weight is 354 g/mol. The lowest BCUT2D eigenvalue weighted by Crippen LogP contribution is -2.42. The second kappa shape index (κ2) is 6.62. The van der Waals surface area contributed by atoms with Gasteiger partial charge in [-0.3, -0.25) is 4.79 Å². The van der Waals surface area contributed by atoms with Gasteiger partial charge in [0.2, 0.25) is 0 Å². The summed E-state index contributed by atoms with van der Waals surface area (Å²) in [6.45, 7) is 0.807. The molecule has 2 heterocycles. The first-order valence-corrected chi connectivity index (χ1v) is 7.51. The fourth-order valence-corrected chi connectivity index (χ4v) is 2.79. The number of hydrogen-bond donors (Lipinski definition) is 1. The van der Waals surface area contributed by atoms with Crippen molar-refractivity contribution < 1.29 is 28.2 Å². The SMILES string of the molecule is O=C(O)c1coc(C(=O)N2CCOC(c3ccc(F)cc3Cl)C2)c1. The predicted octanol–water partition coefficient (Wildman–Crippen LogP) is 2.98. The zero-order valence-electron chi connectivity index (χ0n) is 12.4. The van der Waals surface area contributed by atoms with Crippen LogP contribution in [-0.2, 0) is 4.74 Å². The van der Waals surface area contributed by atoms with Crippen LogP contribution in [0.25, 0.3) is 0 Å². The maximum Gasteiger partial charge on any atom is 0.338 e. The van der Waals surface area contributed by atoms with E-state index in [-0.39, 0.29) is 29.5 Å². The molecule has 3 rings (SSSR count). The highest BCUT2D eigenvalue weighted by molar-refractivity contribution is 6.31. The Labute approximate surface area is 141 Å². The van der Waals surface area contributed by atoms with E-state index >= 15 is 0 Å². The minimum Gasteiger partial charge on any atom is -0.478 e. The van der Waals surface area contributed by atoms with Gasteiger partial charge in [-0.15, -0.1) is 0 Å². The smallest absolute Gasteiger partial charge is 0.338 e. The quantitative estimate of drug-likeness (QED) is 0.917. The Morgan fingerprint density at radius 3 is 2.79 bits per heavy atom. The number of halogens is 2. The summed E-state index contributed by atoms with van der Waals surface area (Å²) in [4.78, 5) is 24.8.